The topological polar surface area (TPSA) is 67.4 Å². The second-order valence-corrected chi connectivity index (χ2v) is 7.12. The predicted octanol–water partition coefficient (Wildman–Crippen LogP) is 4.02. The number of nitrogens with one attached hydrogen (secondary N) is 2. The van der Waals surface area contributed by atoms with Gasteiger partial charge >= 0.3 is 6.09 Å². The molecule has 5 nitrogen and oxygen atoms in total. The largest absolute Gasteiger partial charge is 0.445 e. The minimum atomic E-state index is -0.779. The molecule has 31 heavy (non-hydrogen) atoms. The molecule has 1 atom stereocenters. The molecule has 160 valence electrons. The maximum atomic E-state index is 13.0. The van der Waals surface area contributed by atoms with Crippen molar-refractivity contribution in [1.82, 2.24) is 10.6 Å². The number of amides is 2. The summed E-state index contributed by atoms with van der Waals surface area (Å²) in [5.41, 5.74) is 2.70. The van der Waals surface area contributed by atoms with E-state index in [9.17, 15) is 14.0 Å². The van der Waals surface area contributed by atoms with Crippen molar-refractivity contribution in [2.45, 2.75) is 25.5 Å². The van der Waals surface area contributed by atoms with Crippen LogP contribution in [-0.2, 0) is 29.0 Å². The summed E-state index contributed by atoms with van der Waals surface area (Å²) >= 11 is 0. The molecule has 2 amide bonds. The Morgan fingerprint density at radius 2 is 1.42 bits per heavy atom. The van der Waals surface area contributed by atoms with Gasteiger partial charge in [0.15, 0.2) is 0 Å². The van der Waals surface area contributed by atoms with Gasteiger partial charge in [-0.25, -0.2) is 9.18 Å². The quantitative estimate of drug-likeness (QED) is 0.549. The van der Waals surface area contributed by atoms with Crippen LogP contribution in [0.1, 0.15) is 16.7 Å². The zero-order valence-corrected chi connectivity index (χ0v) is 17.1. The zero-order chi connectivity index (χ0) is 21.9. The Morgan fingerprint density at radius 3 is 2.06 bits per heavy atom. The van der Waals surface area contributed by atoms with Gasteiger partial charge in [-0.05, 0) is 35.2 Å². The van der Waals surface area contributed by atoms with E-state index in [2.05, 4.69) is 10.6 Å². The molecule has 0 aliphatic heterocycles. The molecule has 0 radical (unpaired) electrons. The van der Waals surface area contributed by atoms with Crippen LogP contribution < -0.4 is 10.6 Å². The van der Waals surface area contributed by atoms with Gasteiger partial charge in [-0.15, -0.1) is 0 Å². The van der Waals surface area contributed by atoms with Gasteiger partial charge in [0.05, 0.1) is 0 Å². The fraction of sp³-hybridized carbons (Fsp3) is 0.200. The highest BCUT2D eigenvalue weighted by Crippen LogP contribution is 2.06. The first-order valence-electron chi connectivity index (χ1n) is 10.1. The second kappa shape index (κ2) is 11.5. The van der Waals surface area contributed by atoms with Gasteiger partial charge in [0.25, 0.3) is 0 Å². The van der Waals surface area contributed by atoms with Crippen molar-refractivity contribution in [2.24, 2.45) is 0 Å². The van der Waals surface area contributed by atoms with Crippen LogP contribution in [0.15, 0.2) is 84.9 Å². The van der Waals surface area contributed by atoms with Crippen molar-refractivity contribution >= 4 is 12.0 Å². The summed E-state index contributed by atoms with van der Waals surface area (Å²) in [7, 11) is 0. The third-order valence-electron chi connectivity index (χ3n) is 4.73. The maximum absolute atomic E-state index is 13.0. The summed E-state index contributed by atoms with van der Waals surface area (Å²) in [6.07, 6.45) is 0.241. The third-order valence-corrected chi connectivity index (χ3v) is 4.73. The highest BCUT2D eigenvalue weighted by Gasteiger charge is 2.21. The number of ether oxygens (including phenoxy) is 1. The van der Waals surface area contributed by atoms with Crippen LogP contribution in [-0.4, -0.2) is 24.6 Å². The van der Waals surface area contributed by atoms with E-state index in [-0.39, 0.29) is 18.3 Å². The van der Waals surface area contributed by atoms with E-state index in [1.165, 1.54) is 12.1 Å². The highest BCUT2D eigenvalue weighted by molar-refractivity contribution is 5.85. The van der Waals surface area contributed by atoms with E-state index in [1.807, 2.05) is 60.7 Å². The zero-order valence-electron chi connectivity index (χ0n) is 17.1. The van der Waals surface area contributed by atoms with E-state index in [0.29, 0.717) is 19.4 Å². The van der Waals surface area contributed by atoms with E-state index in [0.717, 1.165) is 16.7 Å². The van der Waals surface area contributed by atoms with E-state index in [1.54, 1.807) is 12.1 Å². The maximum Gasteiger partial charge on any atom is 0.408 e. The summed E-state index contributed by atoms with van der Waals surface area (Å²) in [5.74, 6) is -0.600. The fourth-order valence-electron chi connectivity index (χ4n) is 3.07. The van der Waals surface area contributed by atoms with Crippen molar-refractivity contribution in [2.75, 3.05) is 6.54 Å². The summed E-state index contributed by atoms with van der Waals surface area (Å²) in [6, 6.07) is 24.1. The van der Waals surface area contributed by atoms with Crippen LogP contribution in [0, 0.1) is 5.82 Å². The Balaban J connectivity index is 1.56. The van der Waals surface area contributed by atoms with Crippen molar-refractivity contribution in [3.8, 4) is 0 Å². The molecule has 6 heteroatoms. The highest BCUT2D eigenvalue weighted by atomic mass is 19.1. The number of rotatable bonds is 9. The Labute approximate surface area is 181 Å². The van der Waals surface area contributed by atoms with Gasteiger partial charge in [0.2, 0.25) is 5.91 Å². The molecule has 0 aliphatic rings. The average Bonchev–Trinajstić information content (AvgIpc) is 2.80. The summed E-state index contributed by atoms with van der Waals surface area (Å²) in [5, 5.41) is 5.51. The molecule has 0 spiro atoms. The van der Waals surface area contributed by atoms with Gasteiger partial charge < -0.3 is 15.4 Å². The molecule has 0 saturated carbocycles. The third kappa shape index (κ3) is 7.59. The Bertz CT molecular complexity index is 963. The standard InChI is InChI=1S/C25H25FN2O3/c26-22-13-11-19(12-14-22)15-16-27-24(29)23(17-20-7-3-1-4-8-20)28-25(30)31-18-21-9-5-2-6-10-21/h1-14,23H,15-18H2,(H,27,29)(H,28,30). The molecular formula is C25H25FN2O3. The normalized spacial score (nSPS) is 11.4. The van der Waals surface area contributed by atoms with Gasteiger partial charge in [0, 0.05) is 13.0 Å². The van der Waals surface area contributed by atoms with E-state index < -0.39 is 12.1 Å². The van der Waals surface area contributed by atoms with Crippen LogP contribution >= 0.6 is 0 Å². The lowest BCUT2D eigenvalue weighted by Gasteiger charge is -2.18. The van der Waals surface area contributed by atoms with Crippen LogP contribution in [0.2, 0.25) is 0 Å². The lowest BCUT2D eigenvalue weighted by Crippen LogP contribution is -2.48. The van der Waals surface area contributed by atoms with Crippen LogP contribution in [0.25, 0.3) is 0 Å². The number of hydrogen-bond donors (Lipinski definition) is 2. The summed E-state index contributed by atoms with van der Waals surface area (Å²) < 4.78 is 18.3. The molecule has 3 aromatic rings. The predicted molar refractivity (Wildman–Crippen MR) is 117 cm³/mol. The van der Waals surface area contributed by atoms with E-state index >= 15 is 0 Å². The SMILES string of the molecule is O=C(NC(Cc1ccccc1)C(=O)NCCc1ccc(F)cc1)OCc1ccccc1. The number of hydrogen-bond acceptors (Lipinski definition) is 3. The molecule has 0 aromatic heterocycles. The number of halogens is 1. The molecule has 0 fully saturated rings. The van der Waals surface area contributed by atoms with E-state index in [4.69, 9.17) is 4.74 Å². The minimum Gasteiger partial charge on any atom is -0.445 e. The number of benzene rings is 3. The second-order valence-electron chi connectivity index (χ2n) is 7.12. The Hall–Kier alpha value is -3.67. The molecule has 0 heterocycles. The molecule has 1 unspecified atom stereocenters. The van der Waals surface area contributed by atoms with Crippen molar-refractivity contribution in [3.05, 3.63) is 107 Å². The molecule has 3 rings (SSSR count). The van der Waals surface area contributed by atoms with Crippen LogP contribution in [0.4, 0.5) is 9.18 Å². The number of alkyl carbamates (subject to hydrolysis) is 1. The van der Waals surface area contributed by atoms with Crippen LogP contribution in [0.3, 0.4) is 0 Å². The Kier molecular flexibility index (Phi) is 8.17. The first kappa shape index (κ1) is 22.0. The summed E-state index contributed by atoms with van der Waals surface area (Å²) in [6.45, 7) is 0.493. The summed E-state index contributed by atoms with van der Waals surface area (Å²) in [4.78, 5) is 25.1. The molecular weight excluding hydrogens is 395 g/mol. The smallest absolute Gasteiger partial charge is 0.408 e. The molecule has 3 aromatic carbocycles. The number of carbonyl (C=O) groups is 2. The minimum absolute atomic E-state index is 0.122. The lowest BCUT2D eigenvalue weighted by atomic mass is 10.1. The van der Waals surface area contributed by atoms with Crippen molar-refractivity contribution < 1.29 is 18.7 Å². The Morgan fingerprint density at radius 1 is 0.806 bits per heavy atom. The molecule has 0 aliphatic carbocycles. The van der Waals surface area contributed by atoms with Crippen molar-refractivity contribution in [3.63, 3.8) is 0 Å². The van der Waals surface area contributed by atoms with Gasteiger partial charge in [0.1, 0.15) is 18.5 Å². The van der Waals surface area contributed by atoms with Gasteiger partial charge in [-0.3, -0.25) is 4.79 Å². The van der Waals surface area contributed by atoms with Crippen LogP contribution in [0.5, 0.6) is 0 Å². The van der Waals surface area contributed by atoms with Gasteiger partial charge in [-0.1, -0.05) is 72.8 Å². The average molecular weight is 420 g/mol. The first-order valence-corrected chi connectivity index (χ1v) is 10.1. The molecule has 2 N–H and O–H groups in total. The first-order chi connectivity index (χ1) is 15.1. The van der Waals surface area contributed by atoms with Gasteiger partial charge in [-0.2, -0.15) is 0 Å². The fourth-order valence-corrected chi connectivity index (χ4v) is 3.07. The molecule has 0 saturated heterocycles. The molecule has 0 bridgehead atoms. The lowest BCUT2D eigenvalue weighted by molar-refractivity contribution is -0.123. The monoisotopic (exact) mass is 420 g/mol. The van der Waals surface area contributed by atoms with Crippen molar-refractivity contribution in [1.29, 1.82) is 0 Å². The number of carbonyl (C=O) groups excluding carboxylic acids is 2.